The second kappa shape index (κ2) is 6.56. The van der Waals surface area contributed by atoms with Crippen molar-refractivity contribution in [2.45, 2.75) is 71.6 Å². The second-order valence-electron chi connectivity index (χ2n) is 8.65. The van der Waals surface area contributed by atoms with E-state index in [2.05, 4.69) is 6.58 Å². The van der Waals surface area contributed by atoms with Gasteiger partial charge >= 0.3 is 17.9 Å². The molecule has 3 aliphatic rings. The zero-order valence-corrected chi connectivity index (χ0v) is 16.8. The van der Waals surface area contributed by atoms with Crippen molar-refractivity contribution in [3.05, 3.63) is 12.2 Å². The van der Waals surface area contributed by atoms with Gasteiger partial charge in [0.2, 0.25) is 0 Å². The van der Waals surface area contributed by atoms with E-state index in [4.69, 9.17) is 14.2 Å². The third-order valence-electron chi connectivity index (χ3n) is 7.53. The first-order valence-electron chi connectivity index (χ1n) is 9.47. The van der Waals surface area contributed by atoms with Crippen molar-refractivity contribution in [1.82, 2.24) is 0 Å². The van der Waals surface area contributed by atoms with Crippen LogP contribution >= 0.6 is 0 Å². The molecule has 2 N–H and O–H groups in total. The molecule has 1 saturated heterocycles. The normalized spacial score (nSPS) is 47.6. The molecule has 8 nitrogen and oxygen atoms in total. The van der Waals surface area contributed by atoms with E-state index < -0.39 is 71.1 Å². The quantitative estimate of drug-likeness (QED) is 0.398. The largest absolute Gasteiger partial charge is 0.461 e. The van der Waals surface area contributed by atoms with Crippen LogP contribution in [0, 0.1) is 22.7 Å². The van der Waals surface area contributed by atoms with Crippen molar-refractivity contribution >= 4 is 17.9 Å². The van der Waals surface area contributed by atoms with E-state index in [9.17, 15) is 24.6 Å². The number of carbonyl (C=O) groups is 3. The summed E-state index contributed by atoms with van der Waals surface area (Å²) in [6.45, 7) is 11.6. The van der Waals surface area contributed by atoms with E-state index in [1.54, 1.807) is 20.8 Å². The third kappa shape index (κ3) is 2.54. The molecule has 1 aliphatic heterocycles. The van der Waals surface area contributed by atoms with Gasteiger partial charge in [0.15, 0.2) is 0 Å². The Labute approximate surface area is 163 Å². The van der Waals surface area contributed by atoms with Gasteiger partial charge in [-0.2, -0.15) is 0 Å². The summed E-state index contributed by atoms with van der Waals surface area (Å²) >= 11 is 0. The highest BCUT2D eigenvalue weighted by atomic mass is 16.6. The lowest BCUT2D eigenvalue weighted by Crippen LogP contribution is -2.56. The molecule has 0 aromatic heterocycles. The molecule has 156 valence electrons. The average molecular weight is 396 g/mol. The summed E-state index contributed by atoms with van der Waals surface area (Å²) in [4.78, 5) is 36.1. The molecule has 0 bridgehead atoms. The minimum atomic E-state index is -1.13. The Hall–Kier alpha value is -1.93. The van der Waals surface area contributed by atoms with Crippen LogP contribution < -0.4 is 0 Å². The zero-order chi connectivity index (χ0) is 21.2. The molecule has 28 heavy (non-hydrogen) atoms. The topological polar surface area (TPSA) is 119 Å². The van der Waals surface area contributed by atoms with Crippen LogP contribution in [0.25, 0.3) is 0 Å². The Balaban J connectivity index is 2.27. The van der Waals surface area contributed by atoms with Crippen LogP contribution in [0.4, 0.5) is 0 Å². The SMILES string of the molecule is C=C1C(=O)O[C@H]2[C@H](OC(C)=O)[C@@H](C)[C@]3(C)[C@@H](O)C[C@@H](O)[C@@]3(C)[C@H](OC(C)=O)[C@H]12. The number of ether oxygens (including phenoxy) is 3. The van der Waals surface area contributed by atoms with Gasteiger partial charge in [0.1, 0.15) is 18.3 Å². The number of aliphatic hydroxyl groups excluding tert-OH is 2. The highest BCUT2D eigenvalue weighted by Crippen LogP contribution is 2.65. The second-order valence-corrected chi connectivity index (χ2v) is 8.65. The highest BCUT2D eigenvalue weighted by molar-refractivity contribution is 5.91. The first-order valence-corrected chi connectivity index (χ1v) is 9.47. The van der Waals surface area contributed by atoms with Gasteiger partial charge in [-0.05, 0) is 0 Å². The molecule has 3 rings (SSSR count). The maximum Gasteiger partial charge on any atom is 0.334 e. The molecule has 1 heterocycles. The molecule has 3 fully saturated rings. The Kier molecular flexibility index (Phi) is 4.87. The molecule has 0 spiro atoms. The van der Waals surface area contributed by atoms with Crippen molar-refractivity contribution in [3.63, 3.8) is 0 Å². The predicted octanol–water partition coefficient (Wildman–Crippen LogP) is 0.735. The van der Waals surface area contributed by atoms with Gasteiger partial charge in [0.05, 0.1) is 18.1 Å². The van der Waals surface area contributed by atoms with Gasteiger partial charge in [-0.15, -0.1) is 0 Å². The van der Waals surface area contributed by atoms with Gasteiger partial charge in [-0.1, -0.05) is 27.4 Å². The molecule has 2 aliphatic carbocycles. The fourth-order valence-corrected chi connectivity index (χ4v) is 5.68. The number of hydrogen-bond acceptors (Lipinski definition) is 8. The zero-order valence-electron chi connectivity index (χ0n) is 16.8. The smallest absolute Gasteiger partial charge is 0.334 e. The van der Waals surface area contributed by atoms with Crippen LogP contribution in [0.15, 0.2) is 12.2 Å². The van der Waals surface area contributed by atoms with Gasteiger partial charge in [0, 0.05) is 42.6 Å². The van der Waals surface area contributed by atoms with Crippen LogP contribution in [0.2, 0.25) is 0 Å². The number of rotatable bonds is 2. The molecule has 9 atom stereocenters. The van der Waals surface area contributed by atoms with E-state index in [-0.39, 0.29) is 12.0 Å². The Morgan fingerprint density at radius 1 is 1.11 bits per heavy atom. The lowest BCUT2D eigenvalue weighted by molar-refractivity contribution is -0.183. The molecule has 0 radical (unpaired) electrons. The summed E-state index contributed by atoms with van der Waals surface area (Å²) in [5.74, 6) is -3.13. The van der Waals surface area contributed by atoms with Gasteiger partial charge in [-0.25, -0.2) is 4.79 Å². The lowest BCUT2D eigenvalue weighted by Gasteiger charge is -2.50. The summed E-state index contributed by atoms with van der Waals surface area (Å²) in [6, 6.07) is 0. The maximum absolute atomic E-state index is 12.3. The summed E-state index contributed by atoms with van der Waals surface area (Å²) in [6.07, 6.45) is -4.70. The van der Waals surface area contributed by atoms with Crippen molar-refractivity contribution in [1.29, 1.82) is 0 Å². The molecule has 8 heteroatoms. The number of fused-ring (bicyclic) bond motifs is 2. The first-order chi connectivity index (χ1) is 12.9. The van der Waals surface area contributed by atoms with Crippen LogP contribution in [0.5, 0.6) is 0 Å². The molecule has 0 aromatic carbocycles. The fourth-order valence-electron chi connectivity index (χ4n) is 5.68. The summed E-state index contributed by atoms with van der Waals surface area (Å²) in [5, 5.41) is 21.9. The molecular weight excluding hydrogens is 368 g/mol. The van der Waals surface area contributed by atoms with Crippen LogP contribution in [0.3, 0.4) is 0 Å². The maximum atomic E-state index is 12.3. The molecule has 0 unspecified atom stereocenters. The fraction of sp³-hybridized carbons (Fsp3) is 0.750. The van der Waals surface area contributed by atoms with Crippen LogP contribution in [-0.2, 0) is 28.6 Å². The third-order valence-corrected chi connectivity index (χ3v) is 7.53. The molecular formula is C20H28O8. The van der Waals surface area contributed by atoms with Crippen molar-refractivity contribution in [2.75, 3.05) is 0 Å². The van der Waals surface area contributed by atoms with E-state index in [0.29, 0.717) is 0 Å². The van der Waals surface area contributed by atoms with E-state index >= 15 is 0 Å². The molecule has 0 aromatic rings. The lowest BCUT2D eigenvalue weighted by atomic mass is 9.57. The number of hydrogen-bond donors (Lipinski definition) is 2. The van der Waals surface area contributed by atoms with Crippen molar-refractivity contribution < 1.29 is 38.8 Å². The Morgan fingerprint density at radius 3 is 2.18 bits per heavy atom. The molecule has 2 saturated carbocycles. The Bertz CT molecular complexity index is 732. The van der Waals surface area contributed by atoms with Gasteiger partial charge in [-0.3, -0.25) is 9.59 Å². The summed E-state index contributed by atoms with van der Waals surface area (Å²) in [5.41, 5.74) is -2.03. The Morgan fingerprint density at radius 2 is 1.64 bits per heavy atom. The predicted molar refractivity (Wildman–Crippen MR) is 95.6 cm³/mol. The number of esters is 3. The van der Waals surface area contributed by atoms with Crippen LogP contribution in [0.1, 0.15) is 41.0 Å². The first kappa shape index (κ1) is 20.8. The minimum Gasteiger partial charge on any atom is -0.461 e. The summed E-state index contributed by atoms with van der Waals surface area (Å²) < 4.78 is 16.7. The highest BCUT2D eigenvalue weighted by Gasteiger charge is 2.73. The van der Waals surface area contributed by atoms with Crippen LogP contribution in [-0.4, -0.2) is 58.6 Å². The van der Waals surface area contributed by atoms with E-state index in [1.807, 2.05) is 0 Å². The number of aliphatic hydroxyl groups is 2. The van der Waals surface area contributed by atoms with Gasteiger partial charge in [0.25, 0.3) is 0 Å². The van der Waals surface area contributed by atoms with Crippen molar-refractivity contribution in [3.8, 4) is 0 Å². The minimum absolute atomic E-state index is 0.0700. The summed E-state index contributed by atoms with van der Waals surface area (Å²) in [7, 11) is 0. The monoisotopic (exact) mass is 396 g/mol. The average Bonchev–Trinajstić information content (AvgIpc) is 2.95. The van der Waals surface area contributed by atoms with Gasteiger partial charge < -0.3 is 24.4 Å². The van der Waals surface area contributed by atoms with E-state index in [0.717, 1.165) is 0 Å². The molecule has 0 amide bonds. The number of carbonyl (C=O) groups excluding carboxylic acids is 3. The standard InChI is InChI=1S/C20H28O8/c1-8-14-16(28-18(8)25)15(26-10(3)21)9(2)19(5)12(23)7-13(24)20(19,6)17(14)27-11(4)22/h9,12-17,23-24H,1,7H2,2-6H3/t9-,12+,13-,14-,15-,16-,17-,19-,20+/m1/s1. The van der Waals surface area contributed by atoms with E-state index in [1.165, 1.54) is 13.8 Å². The van der Waals surface area contributed by atoms with Crippen molar-refractivity contribution in [2.24, 2.45) is 22.7 Å².